The number of halogens is 1. The third-order valence-corrected chi connectivity index (χ3v) is 5.08. The van der Waals surface area contributed by atoms with Crippen molar-refractivity contribution in [1.29, 1.82) is 0 Å². The van der Waals surface area contributed by atoms with Gasteiger partial charge < -0.3 is 14.5 Å². The topological polar surface area (TPSA) is 77.2 Å². The highest BCUT2D eigenvalue weighted by atomic mass is 32.2. The molecule has 1 amide bonds. The number of hydrogen-bond acceptors (Lipinski definition) is 6. The summed E-state index contributed by atoms with van der Waals surface area (Å²) in [6.45, 7) is 2.76. The zero-order chi connectivity index (χ0) is 20.5. The van der Waals surface area contributed by atoms with Crippen LogP contribution in [0.25, 0.3) is 0 Å². The number of benzene rings is 2. The summed E-state index contributed by atoms with van der Waals surface area (Å²) in [5, 5.41) is 11.0. The van der Waals surface area contributed by atoms with Gasteiger partial charge in [0.1, 0.15) is 11.6 Å². The Kier molecular flexibility index (Phi) is 7.63. The summed E-state index contributed by atoms with van der Waals surface area (Å²) in [6.07, 6.45) is 0.943. The SMILES string of the molecule is CCC(CNC(=O)CSc1nnc(COc2ccc(F)cc2)o1)c1ccccc1. The Morgan fingerprint density at radius 3 is 2.66 bits per heavy atom. The minimum absolute atomic E-state index is 0.0701. The van der Waals surface area contributed by atoms with Gasteiger partial charge in [0, 0.05) is 12.5 Å². The molecule has 8 heteroatoms. The number of amides is 1. The Bertz CT molecular complexity index is 903. The Hall–Kier alpha value is -2.87. The fraction of sp³-hybridized carbons (Fsp3) is 0.286. The predicted molar refractivity (Wildman–Crippen MR) is 108 cm³/mol. The first kappa shape index (κ1) is 20.9. The van der Waals surface area contributed by atoms with E-state index >= 15 is 0 Å². The summed E-state index contributed by atoms with van der Waals surface area (Å²) in [6, 6.07) is 15.8. The third kappa shape index (κ3) is 6.60. The molecule has 152 valence electrons. The van der Waals surface area contributed by atoms with E-state index in [1.54, 1.807) is 0 Å². The van der Waals surface area contributed by atoms with Crippen molar-refractivity contribution in [3.63, 3.8) is 0 Å². The van der Waals surface area contributed by atoms with Crippen molar-refractivity contribution < 1.29 is 18.3 Å². The molecule has 1 unspecified atom stereocenters. The molecule has 0 radical (unpaired) electrons. The molecule has 0 fully saturated rings. The first-order valence-corrected chi connectivity index (χ1v) is 10.3. The molecular formula is C21H22FN3O3S. The summed E-state index contributed by atoms with van der Waals surface area (Å²) in [5.74, 6) is 0.831. The van der Waals surface area contributed by atoms with E-state index in [4.69, 9.17) is 9.15 Å². The first-order chi connectivity index (χ1) is 14.1. The second-order valence-corrected chi connectivity index (χ2v) is 7.24. The number of ether oxygens (including phenoxy) is 1. The second-order valence-electron chi connectivity index (χ2n) is 6.31. The van der Waals surface area contributed by atoms with Crippen LogP contribution in [-0.2, 0) is 11.4 Å². The second kappa shape index (κ2) is 10.6. The average Bonchev–Trinajstić information content (AvgIpc) is 3.21. The maximum absolute atomic E-state index is 12.9. The first-order valence-electron chi connectivity index (χ1n) is 9.29. The van der Waals surface area contributed by atoms with Gasteiger partial charge in [-0.2, -0.15) is 0 Å². The summed E-state index contributed by atoms with van der Waals surface area (Å²) >= 11 is 1.17. The van der Waals surface area contributed by atoms with E-state index in [0.717, 1.165) is 6.42 Å². The lowest BCUT2D eigenvalue weighted by Crippen LogP contribution is -2.29. The Labute approximate surface area is 172 Å². The highest BCUT2D eigenvalue weighted by Gasteiger charge is 2.13. The van der Waals surface area contributed by atoms with Crippen molar-refractivity contribution in [2.24, 2.45) is 0 Å². The molecule has 29 heavy (non-hydrogen) atoms. The van der Waals surface area contributed by atoms with Crippen LogP contribution in [0, 0.1) is 5.82 Å². The normalized spacial score (nSPS) is 11.8. The van der Waals surface area contributed by atoms with Crippen LogP contribution in [0.3, 0.4) is 0 Å². The van der Waals surface area contributed by atoms with E-state index in [0.29, 0.717) is 17.5 Å². The van der Waals surface area contributed by atoms with Crippen LogP contribution in [0.4, 0.5) is 4.39 Å². The summed E-state index contributed by atoms with van der Waals surface area (Å²) in [5.41, 5.74) is 1.21. The number of hydrogen-bond donors (Lipinski definition) is 1. The highest BCUT2D eigenvalue weighted by molar-refractivity contribution is 7.99. The molecule has 0 bridgehead atoms. The molecule has 3 rings (SSSR count). The molecule has 0 spiro atoms. The van der Waals surface area contributed by atoms with Gasteiger partial charge in [-0.15, -0.1) is 10.2 Å². The Morgan fingerprint density at radius 2 is 1.93 bits per heavy atom. The molecule has 1 heterocycles. The smallest absolute Gasteiger partial charge is 0.277 e. The Balaban J connectivity index is 1.40. The standard InChI is InChI=1S/C21H22FN3O3S/c1-2-15(16-6-4-3-5-7-16)12-23-19(26)14-29-21-25-24-20(28-21)13-27-18-10-8-17(22)9-11-18/h3-11,15H,2,12-14H2,1H3,(H,23,26). The van der Waals surface area contributed by atoms with E-state index in [1.165, 1.54) is 41.6 Å². The van der Waals surface area contributed by atoms with Gasteiger partial charge in [0.15, 0.2) is 6.61 Å². The molecule has 1 aromatic heterocycles. The number of thioether (sulfide) groups is 1. The maximum atomic E-state index is 12.9. The van der Waals surface area contributed by atoms with Crippen LogP contribution in [-0.4, -0.2) is 28.4 Å². The lowest BCUT2D eigenvalue weighted by atomic mass is 9.96. The van der Waals surface area contributed by atoms with E-state index in [-0.39, 0.29) is 35.9 Å². The number of nitrogens with zero attached hydrogens (tertiary/aromatic N) is 2. The van der Waals surface area contributed by atoms with Crippen LogP contribution >= 0.6 is 11.8 Å². The van der Waals surface area contributed by atoms with E-state index in [2.05, 4.69) is 34.6 Å². The van der Waals surface area contributed by atoms with Gasteiger partial charge in [0.05, 0.1) is 5.75 Å². The maximum Gasteiger partial charge on any atom is 0.277 e. The number of carbonyl (C=O) groups excluding carboxylic acids is 1. The molecule has 0 aliphatic rings. The van der Waals surface area contributed by atoms with Gasteiger partial charge in [-0.3, -0.25) is 4.79 Å². The molecule has 2 aromatic carbocycles. The molecule has 1 atom stereocenters. The highest BCUT2D eigenvalue weighted by Crippen LogP contribution is 2.19. The number of nitrogens with one attached hydrogen (secondary N) is 1. The van der Waals surface area contributed by atoms with Crippen molar-refractivity contribution >= 4 is 17.7 Å². The minimum Gasteiger partial charge on any atom is -0.484 e. The molecule has 3 aromatic rings. The van der Waals surface area contributed by atoms with E-state index in [9.17, 15) is 9.18 Å². The number of aromatic nitrogens is 2. The molecular weight excluding hydrogens is 393 g/mol. The molecule has 0 aliphatic carbocycles. The average molecular weight is 415 g/mol. The lowest BCUT2D eigenvalue weighted by Gasteiger charge is -2.15. The molecule has 1 N–H and O–H groups in total. The fourth-order valence-electron chi connectivity index (χ4n) is 2.67. The lowest BCUT2D eigenvalue weighted by molar-refractivity contribution is -0.118. The quantitative estimate of drug-likeness (QED) is 0.501. The van der Waals surface area contributed by atoms with Gasteiger partial charge in [-0.1, -0.05) is 49.0 Å². The van der Waals surface area contributed by atoms with Crippen LogP contribution in [0.2, 0.25) is 0 Å². The van der Waals surface area contributed by atoms with Gasteiger partial charge in [-0.05, 0) is 36.2 Å². The zero-order valence-electron chi connectivity index (χ0n) is 16.0. The van der Waals surface area contributed by atoms with Crippen LogP contribution < -0.4 is 10.1 Å². The van der Waals surface area contributed by atoms with Crippen LogP contribution in [0.5, 0.6) is 5.75 Å². The summed E-state index contributed by atoms with van der Waals surface area (Å²) in [7, 11) is 0. The fourth-order valence-corrected chi connectivity index (χ4v) is 3.28. The van der Waals surface area contributed by atoms with Gasteiger partial charge in [-0.25, -0.2) is 4.39 Å². The van der Waals surface area contributed by atoms with Crippen LogP contribution in [0.1, 0.15) is 30.7 Å². The van der Waals surface area contributed by atoms with E-state index < -0.39 is 0 Å². The number of rotatable bonds is 10. The van der Waals surface area contributed by atoms with Crippen molar-refractivity contribution in [2.45, 2.75) is 31.1 Å². The largest absolute Gasteiger partial charge is 0.484 e. The minimum atomic E-state index is -0.332. The van der Waals surface area contributed by atoms with Crippen molar-refractivity contribution in [2.75, 3.05) is 12.3 Å². The molecule has 6 nitrogen and oxygen atoms in total. The molecule has 0 saturated heterocycles. The van der Waals surface area contributed by atoms with Crippen molar-refractivity contribution in [1.82, 2.24) is 15.5 Å². The van der Waals surface area contributed by atoms with E-state index in [1.807, 2.05) is 18.2 Å². The predicted octanol–water partition coefficient (Wildman–Crippen LogP) is 4.19. The Morgan fingerprint density at radius 1 is 1.17 bits per heavy atom. The van der Waals surface area contributed by atoms with Gasteiger partial charge in [0.2, 0.25) is 5.91 Å². The molecule has 0 aliphatic heterocycles. The van der Waals surface area contributed by atoms with Gasteiger partial charge >= 0.3 is 0 Å². The summed E-state index contributed by atoms with van der Waals surface area (Å²) < 4.78 is 23.8. The summed E-state index contributed by atoms with van der Waals surface area (Å²) in [4.78, 5) is 12.1. The van der Waals surface area contributed by atoms with Crippen molar-refractivity contribution in [3.05, 3.63) is 71.9 Å². The zero-order valence-corrected chi connectivity index (χ0v) is 16.8. The molecule has 0 saturated carbocycles. The monoisotopic (exact) mass is 415 g/mol. The van der Waals surface area contributed by atoms with Gasteiger partial charge in [0.25, 0.3) is 11.1 Å². The number of carbonyl (C=O) groups is 1. The van der Waals surface area contributed by atoms with Crippen LogP contribution in [0.15, 0.2) is 64.2 Å². The third-order valence-electron chi connectivity index (χ3n) is 4.26. The van der Waals surface area contributed by atoms with Crippen molar-refractivity contribution in [3.8, 4) is 5.75 Å².